The van der Waals surface area contributed by atoms with Crippen LogP contribution < -0.4 is 0 Å². The van der Waals surface area contributed by atoms with Gasteiger partial charge >= 0.3 is 11.9 Å². The number of carbonyl (C=O) groups is 2. The normalized spacial score (nSPS) is 18.9. The summed E-state index contributed by atoms with van der Waals surface area (Å²) in [6.07, 6.45) is 1.69. The topological polar surface area (TPSA) is 149 Å². The molecule has 1 aliphatic rings. The van der Waals surface area contributed by atoms with E-state index in [9.17, 15) is 18.0 Å². The number of ether oxygens (including phenoxy) is 3. The molecule has 2 aromatic heterocycles. The van der Waals surface area contributed by atoms with Crippen molar-refractivity contribution in [3.05, 3.63) is 89.1 Å². The molecule has 5 rings (SSSR count). The lowest BCUT2D eigenvalue weighted by Crippen LogP contribution is -2.32. The van der Waals surface area contributed by atoms with Crippen LogP contribution in [0.3, 0.4) is 0 Å². The molecule has 3 heterocycles. The third kappa shape index (κ3) is 6.76. The van der Waals surface area contributed by atoms with E-state index in [0.717, 1.165) is 17.4 Å². The van der Waals surface area contributed by atoms with Crippen molar-refractivity contribution in [2.75, 3.05) is 12.9 Å². The zero-order valence-corrected chi connectivity index (χ0v) is 23.4. The number of benzene rings is 2. The van der Waals surface area contributed by atoms with Gasteiger partial charge in [0, 0.05) is 6.42 Å². The second-order valence-electron chi connectivity index (χ2n) is 9.75. The van der Waals surface area contributed by atoms with E-state index in [1.807, 2.05) is 38.1 Å². The SMILES string of the molecule is Cc1ccc(C(=O)OC[C@H]2O[C@@H](n3cnc4c(COS(C)(=O)=O)ncnc43)C[C@@H]2OC(=O)c2ccc(C)cc2)cc1. The lowest BCUT2D eigenvalue weighted by Gasteiger charge is -2.19. The summed E-state index contributed by atoms with van der Waals surface area (Å²) in [7, 11) is -3.70. The van der Waals surface area contributed by atoms with Crippen LogP contribution in [-0.2, 0) is 35.1 Å². The molecule has 2 aromatic carbocycles. The van der Waals surface area contributed by atoms with Gasteiger partial charge in [-0.25, -0.2) is 24.5 Å². The predicted octanol–water partition coefficient (Wildman–Crippen LogP) is 3.29. The van der Waals surface area contributed by atoms with Gasteiger partial charge in [-0.2, -0.15) is 8.42 Å². The molecule has 214 valence electrons. The van der Waals surface area contributed by atoms with E-state index in [1.54, 1.807) is 28.8 Å². The molecule has 0 radical (unpaired) electrons. The van der Waals surface area contributed by atoms with Gasteiger partial charge in [0.2, 0.25) is 0 Å². The molecule has 3 atom stereocenters. The Morgan fingerprint density at radius 2 is 1.59 bits per heavy atom. The zero-order valence-electron chi connectivity index (χ0n) is 22.6. The van der Waals surface area contributed by atoms with Crippen LogP contribution >= 0.6 is 0 Å². The number of aromatic nitrogens is 4. The van der Waals surface area contributed by atoms with E-state index < -0.39 is 40.5 Å². The molecule has 4 aromatic rings. The molecule has 12 nitrogen and oxygen atoms in total. The number of carbonyl (C=O) groups excluding carboxylic acids is 2. The largest absolute Gasteiger partial charge is 0.459 e. The fourth-order valence-electron chi connectivity index (χ4n) is 4.35. The van der Waals surface area contributed by atoms with Crippen LogP contribution in [0.15, 0.2) is 61.2 Å². The lowest BCUT2D eigenvalue weighted by atomic mass is 10.1. The van der Waals surface area contributed by atoms with E-state index in [1.165, 1.54) is 12.7 Å². The van der Waals surface area contributed by atoms with Gasteiger partial charge in [-0.05, 0) is 38.1 Å². The first-order chi connectivity index (χ1) is 19.6. The molecule has 0 spiro atoms. The van der Waals surface area contributed by atoms with Gasteiger partial charge in [0.1, 0.15) is 43.5 Å². The highest BCUT2D eigenvalue weighted by Gasteiger charge is 2.40. The average Bonchev–Trinajstić information content (AvgIpc) is 3.55. The fourth-order valence-corrected chi connectivity index (χ4v) is 4.68. The molecule has 0 aliphatic carbocycles. The van der Waals surface area contributed by atoms with E-state index in [4.69, 9.17) is 18.4 Å². The molecule has 13 heteroatoms. The van der Waals surface area contributed by atoms with Crippen molar-refractivity contribution in [3.63, 3.8) is 0 Å². The van der Waals surface area contributed by atoms with Gasteiger partial charge in [-0.1, -0.05) is 35.4 Å². The molecule has 1 aliphatic heterocycles. The molecule has 0 bridgehead atoms. The number of nitrogens with zero attached hydrogens (tertiary/aromatic N) is 4. The number of esters is 2. The second kappa shape index (κ2) is 11.7. The predicted molar refractivity (Wildman–Crippen MR) is 145 cm³/mol. The number of fused-ring (bicyclic) bond motifs is 1. The van der Waals surface area contributed by atoms with Crippen LogP contribution in [-0.4, -0.2) is 64.9 Å². The van der Waals surface area contributed by atoms with Crippen molar-refractivity contribution in [1.29, 1.82) is 0 Å². The maximum atomic E-state index is 13.0. The maximum absolute atomic E-state index is 13.0. The number of hydrogen-bond acceptors (Lipinski definition) is 11. The quantitative estimate of drug-likeness (QED) is 0.212. The Labute approximate surface area is 236 Å². The standard InChI is InChI=1S/C28H28N4O8S/c1-17-4-8-19(9-5-17)27(33)37-14-23-22(40-28(34)20-10-6-18(2)7-11-20)12-24(39-23)32-16-31-25-21(13-38-41(3,35)36)29-15-30-26(25)32/h4-11,15-16,22-24H,12-14H2,1-3H3/t22-,23+,24+/m0/s1. The molecule has 0 unspecified atom stereocenters. The summed E-state index contributed by atoms with van der Waals surface area (Å²) in [4.78, 5) is 38.4. The highest BCUT2D eigenvalue weighted by Crippen LogP contribution is 2.34. The summed E-state index contributed by atoms with van der Waals surface area (Å²) < 4.78 is 47.0. The Morgan fingerprint density at radius 3 is 2.22 bits per heavy atom. The van der Waals surface area contributed by atoms with E-state index in [2.05, 4.69) is 15.0 Å². The first-order valence-electron chi connectivity index (χ1n) is 12.7. The summed E-state index contributed by atoms with van der Waals surface area (Å²) in [5.41, 5.74) is 3.77. The zero-order chi connectivity index (χ0) is 29.1. The highest BCUT2D eigenvalue weighted by atomic mass is 32.2. The molecule has 0 N–H and O–H groups in total. The highest BCUT2D eigenvalue weighted by molar-refractivity contribution is 7.85. The van der Waals surface area contributed by atoms with Crippen molar-refractivity contribution in [3.8, 4) is 0 Å². The first kappa shape index (κ1) is 28.3. The number of rotatable bonds is 9. The van der Waals surface area contributed by atoms with Crippen molar-refractivity contribution >= 4 is 33.2 Å². The van der Waals surface area contributed by atoms with Crippen LogP contribution in [0.5, 0.6) is 0 Å². The van der Waals surface area contributed by atoms with Crippen molar-refractivity contribution in [2.24, 2.45) is 0 Å². The molecule has 0 saturated carbocycles. The minimum absolute atomic E-state index is 0.163. The Bertz CT molecular complexity index is 1670. The maximum Gasteiger partial charge on any atom is 0.338 e. The molecular formula is C28H28N4O8S. The third-order valence-electron chi connectivity index (χ3n) is 6.55. The van der Waals surface area contributed by atoms with Crippen LogP contribution in [0, 0.1) is 13.8 Å². The van der Waals surface area contributed by atoms with Gasteiger partial charge in [0.05, 0.1) is 29.4 Å². The summed E-state index contributed by atoms with van der Waals surface area (Å²) in [6.45, 7) is 3.36. The van der Waals surface area contributed by atoms with Crippen molar-refractivity contribution < 1.29 is 36.4 Å². The van der Waals surface area contributed by atoms with Gasteiger partial charge in [0.15, 0.2) is 5.65 Å². The Balaban J connectivity index is 1.37. The molecular weight excluding hydrogens is 552 g/mol. The molecule has 1 saturated heterocycles. The minimum Gasteiger partial charge on any atom is -0.459 e. The summed E-state index contributed by atoms with van der Waals surface area (Å²) >= 11 is 0. The summed E-state index contributed by atoms with van der Waals surface area (Å²) in [6, 6.07) is 14.0. The van der Waals surface area contributed by atoms with E-state index in [-0.39, 0.29) is 25.3 Å². The third-order valence-corrected chi connectivity index (χ3v) is 7.09. The van der Waals surface area contributed by atoms with Crippen LogP contribution in [0.25, 0.3) is 11.2 Å². The number of aryl methyl sites for hydroxylation is 2. The smallest absolute Gasteiger partial charge is 0.338 e. The Kier molecular flexibility index (Phi) is 8.10. The van der Waals surface area contributed by atoms with Gasteiger partial charge in [0.25, 0.3) is 10.1 Å². The average molecular weight is 581 g/mol. The van der Waals surface area contributed by atoms with Gasteiger partial charge < -0.3 is 14.2 Å². The molecule has 0 amide bonds. The van der Waals surface area contributed by atoms with Crippen LogP contribution in [0.2, 0.25) is 0 Å². The first-order valence-corrected chi connectivity index (χ1v) is 14.6. The molecule has 1 fully saturated rings. The Hall–Kier alpha value is -4.20. The van der Waals surface area contributed by atoms with Gasteiger partial charge in [-0.15, -0.1) is 0 Å². The lowest BCUT2D eigenvalue weighted by molar-refractivity contribution is -0.0563. The molecule has 41 heavy (non-hydrogen) atoms. The van der Waals surface area contributed by atoms with Crippen LogP contribution in [0.4, 0.5) is 0 Å². The number of imidazole rings is 1. The van der Waals surface area contributed by atoms with Gasteiger partial charge in [-0.3, -0.25) is 8.75 Å². The van der Waals surface area contributed by atoms with E-state index in [0.29, 0.717) is 22.3 Å². The summed E-state index contributed by atoms with van der Waals surface area (Å²) in [5.74, 6) is -1.07. The minimum atomic E-state index is -3.70. The number of hydrogen-bond donors (Lipinski definition) is 0. The van der Waals surface area contributed by atoms with E-state index >= 15 is 0 Å². The summed E-state index contributed by atoms with van der Waals surface area (Å²) in [5, 5.41) is 0. The second-order valence-corrected chi connectivity index (χ2v) is 11.4. The fraction of sp³-hybridized carbons (Fsp3) is 0.321. The Morgan fingerprint density at radius 1 is 0.951 bits per heavy atom. The van der Waals surface area contributed by atoms with Crippen molar-refractivity contribution in [2.45, 2.75) is 45.3 Å². The van der Waals surface area contributed by atoms with Crippen molar-refractivity contribution in [1.82, 2.24) is 19.5 Å². The monoisotopic (exact) mass is 580 g/mol. The van der Waals surface area contributed by atoms with Crippen LogP contribution in [0.1, 0.15) is 50.2 Å².